The highest BCUT2D eigenvalue weighted by Crippen LogP contribution is 2.30. The number of hydrogen-bond acceptors (Lipinski definition) is 3. The molecule has 2 heterocycles. The van der Waals surface area contributed by atoms with E-state index >= 15 is 0 Å². The molecule has 1 aromatic heterocycles. The van der Waals surface area contributed by atoms with Gasteiger partial charge in [0.15, 0.2) is 0 Å². The van der Waals surface area contributed by atoms with E-state index in [1.54, 1.807) is 12.3 Å². The number of hydrogen-bond donors (Lipinski definition) is 2. The van der Waals surface area contributed by atoms with Gasteiger partial charge in [-0.1, -0.05) is 11.6 Å². The van der Waals surface area contributed by atoms with Crippen LogP contribution in [0, 0.1) is 12.8 Å². The smallest absolute Gasteiger partial charge is 0.231 e. The van der Waals surface area contributed by atoms with Crippen molar-refractivity contribution >= 4 is 23.2 Å². The van der Waals surface area contributed by atoms with E-state index in [2.05, 4.69) is 15.5 Å². The van der Waals surface area contributed by atoms with Crippen molar-refractivity contribution in [2.45, 2.75) is 13.3 Å². The lowest BCUT2D eigenvalue weighted by atomic mass is 9.96. The molecule has 1 atom stereocenters. The lowest BCUT2D eigenvalue weighted by molar-refractivity contribution is -0.121. The molecule has 1 amide bonds. The number of aromatic amines is 1. The highest BCUT2D eigenvalue weighted by atomic mass is 35.5. The molecule has 6 heteroatoms. The zero-order valence-corrected chi connectivity index (χ0v) is 11.7. The summed E-state index contributed by atoms with van der Waals surface area (Å²) in [6.07, 6.45) is 2.22. The molecule has 2 N–H and O–H groups in total. The maximum absolute atomic E-state index is 12.2. The summed E-state index contributed by atoms with van der Waals surface area (Å²) in [5.41, 5.74) is 2.50. The van der Waals surface area contributed by atoms with Gasteiger partial charge < -0.3 is 10.1 Å². The van der Waals surface area contributed by atoms with Crippen LogP contribution in [-0.2, 0) is 11.2 Å². The van der Waals surface area contributed by atoms with Gasteiger partial charge in [-0.25, -0.2) is 0 Å². The largest absolute Gasteiger partial charge is 0.492 e. The molecule has 0 unspecified atom stereocenters. The highest BCUT2D eigenvalue weighted by Gasteiger charge is 2.26. The zero-order chi connectivity index (χ0) is 14.1. The fraction of sp³-hybridized carbons (Fsp3) is 0.286. The SMILES string of the molecule is Cc1[nH]ncc1NC(=O)[C@H]1COc2ccc(Cl)cc2C1. The normalized spacial score (nSPS) is 17.2. The number of carbonyl (C=O) groups is 1. The van der Waals surface area contributed by atoms with Crippen LogP contribution in [0.4, 0.5) is 5.69 Å². The van der Waals surface area contributed by atoms with Crippen molar-refractivity contribution in [3.63, 3.8) is 0 Å². The van der Waals surface area contributed by atoms with Gasteiger partial charge in [0.2, 0.25) is 5.91 Å². The monoisotopic (exact) mass is 291 g/mol. The molecule has 1 aliphatic heterocycles. The number of halogens is 1. The topological polar surface area (TPSA) is 67.0 Å². The summed E-state index contributed by atoms with van der Waals surface area (Å²) in [6, 6.07) is 5.47. The van der Waals surface area contributed by atoms with Crippen LogP contribution in [0.3, 0.4) is 0 Å². The van der Waals surface area contributed by atoms with E-state index in [4.69, 9.17) is 16.3 Å². The first-order chi connectivity index (χ1) is 9.63. The molecule has 0 aliphatic carbocycles. The minimum absolute atomic E-state index is 0.0693. The summed E-state index contributed by atoms with van der Waals surface area (Å²) >= 11 is 5.97. The quantitative estimate of drug-likeness (QED) is 0.893. The average Bonchev–Trinajstić information content (AvgIpc) is 2.83. The third-order valence-electron chi connectivity index (χ3n) is 3.39. The molecule has 0 spiro atoms. The van der Waals surface area contributed by atoms with E-state index < -0.39 is 0 Å². The minimum Gasteiger partial charge on any atom is -0.492 e. The van der Waals surface area contributed by atoms with Crippen LogP contribution in [0.25, 0.3) is 0 Å². The van der Waals surface area contributed by atoms with Crippen LogP contribution in [0.2, 0.25) is 5.02 Å². The first-order valence-corrected chi connectivity index (χ1v) is 6.73. The number of aromatic nitrogens is 2. The lowest BCUT2D eigenvalue weighted by Crippen LogP contribution is -2.32. The van der Waals surface area contributed by atoms with E-state index in [0.717, 1.165) is 17.0 Å². The number of amides is 1. The Hall–Kier alpha value is -2.01. The van der Waals surface area contributed by atoms with Crippen molar-refractivity contribution in [2.75, 3.05) is 11.9 Å². The number of fused-ring (bicyclic) bond motifs is 1. The minimum atomic E-state index is -0.227. The number of benzene rings is 1. The Labute approximate surface area is 121 Å². The molecule has 3 rings (SSSR count). The van der Waals surface area contributed by atoms with Crippen LogP contribution < -0.4 is 10.1 Å². The molecule has 0 radical (unpaired) electrons. The maximum Gasteiger partial charge on any atom is 0.231 e. The van der Waals surface area contributed by atoms with Crippen LogP contribution >= 0.6 is 11.6 Å². The van der Waals surface area contributed by atoms with Gasteiger partial charge in [-0.2, -0.15) is 5.10 Å². The Morgan fingerprint density at radius 2 is 2.40 bits per heavy atom. The number of H-pyrrole nitrogens is 1. The van der Waals surface area contributed by atoms with E-state index in [1.807, 2.05) is 19.1 Å². The van der Waals surface area contributed by atoms with E-state index in [1.165, 1.54) is 0 Å². The number of ether oxygens (including phenoxy) is 1. The van der Waals surface area contributed by atoms with Gasteiger partial charge in [0, 0.05) is 5.02 Å². The van der Waals surface area contributed by atoms with Crippen LogP contribution in [0.15, 0.2) is 24.4 Å². The number of aryl methyl sites for hydroxylation is 1. The lowest BCUT2D eigenvalue weighted by Gasteiger charge is -2.24. The summed E-state index contributed by atoms with van der Waals surface area (Å²) in [7, 11) is 0. The number of rotatable bonds is 2. The average molecular weight is 292 g/mol. The van der Waals surface area contributed by atoms with Crippen LogP contribution in [0.5, 0.6) is 5.75 Å². The molecule has 5 nitrogen and oxygen atoms in total. The van der Waals surface area contributed by atoms with Crippen molar-refractivity contribution < 1.29 is 9.53 Å². The number of anilines is 1. The zero-order valence-electron chi connectivity index (χ0n) is 10.9. The Kier molecular flexibility index (Phi) is 3.36. The molecule has 1 aliphatic rings. The Morgan fingerprint density at radius 1 is 1.55 bits per heavy atom. The van der Waals surface area contributed by atoms with E-state index in [0.29, 0.717) is 23.7 Å². The first-order valence-electron chi connectivity index (χ1n) is 6.35. The first kappa shape index (κ1) is 13.0. The number of nitrogens with zero attached hydrogens (tertiary/aromatic N) is 1. The third kappa shape index (κ3) is 2.49. The Balaban J connectivity index is 1.73. The van der Waals surface area contributed by atoms with Crippen LogP contribution in [-0.4, -0.2) is 22.7 Å². The fourth-order valence-corrected chi connectivity index (χ4v) is 2.44. The molecule has 1 aromatic carbocycles. The Morgan fingerprint density at radius 3 is 3.15 bits per heavy atom. The molecular formula is C14H14ClN3O2. The predicted molar refractivity (Wildman–Crippen MR) is 76.1 cm³/mol. The van der Waals surface area contributed by atoms with E-state index in [9.17, 15) is 4.79 Å². The van der Waals surface area contributed by atoms with E-state index in [-0.39, 0.29) is 11.8 Å². The molecule has 0 bridgehead atoms. The number of carbonyl (C=O) groups excluding carboxylic acids is 1. The summed E-state index contributed by atoms with van der Waals surface area (Å²) < 4.78 is 5.62. The number of nitrogens with one attached hydrogen (secondary N) is 2. The standard InChI is InChI=1S/C14H14ClN3O2/c1-8-12(6-16-18-8)17-14(19)10-4-9-5-11(15)2-3-13(9)20-7-10/h2-3,5-6,10H,4,7H2,1H3,(H,16,18)(H,17,19)/t10-/m1/s1. The second-order valence-corrected chi connectivity index (χ2v) is 5.30. The van der Waals surface area contributed by atoms with Gasteiger partial charge in [0.1, 0.15) is 12.4 Å². The third-order valence-corrected chi connectivity index (χ3v) is 3.62. The summed E-state index contributed by atoms with van der Waals surface area (Å²) in [4.78, 5) is 12.2. The fourth-order valence-electron chi connectivity index (χ4n) is 2.24. The van der Waals surface area contributed by atoms with Gasteiger partial charge in [-0.15, -0.1) is 0 Å². The predicted octanol–water partition coefficient (Wildman–Crippen LogP) is 2.56. The van der Waals surface area contributed by atoms with Crippen molar-refractivity contribution in [3.8, 4) is 5.75 Å². The van der Waals surface area contributed by atoms with Crippen molar-refractivity contribution in [1.29, 1.82) is 0 Å². The molecular weight excluding hydrogens is 278 g/mol. The molecule has 20 heavy (non-hydrogen) atoms. The molecule has 0 saturated heterocycles. The van der Waals surface area contributed by atoms with Gasteiger partial charge >= 0.3 is 0 Å². The highest BCUT2D eigenvalue weighted by molar-refractivity contribution is 6.30. The summed E-state index contributed by atoms with van der Waals surface area (Å²) in [6.45, 7) is 2.23. The van der Waals surface area contributed by atoms with Crippen LogP contribution in [0.1, 0.15) is 11.3 Å². The second-order valence-electron chi connectivity index (χ2n) is 4.86. The van der Waals surface area contributed by atoms with Crippen molar-refractivity contribution in [3.05, 3.63) is 40.7 Å². The Bertz CT molecular complexity index is 654. The molecule has 2 aromatic rings. The molecule has 104 valence electrons. The van der Waals surface area contributed by atoms with Gasteiger partial charge in [-0.05, 0) is 37.1 Å². The summed E-state index contributed by atoms with van der Waals surface area (Å²) in [5, 5.41) is 10.2. The summed E-state index contributed by atoms with van der Waals surface area (Å²) in [5.74, 6) is 0.508. The molecule has 0 fully saturated rings. The van der Waals surface area contributed by atoms with Crippen molar-refractivity contribution in [2.24, 2.45) is 5.92 Å². The van der Waals surface area contributed by atoms with Gasteiger partial charge in [-0.3, -0.25) is 9.89 Å². The van der Waals surface area contributed by atoms with Gasteiger partial charge in [0.25, 0.3) is 0 Å². The van der Waals surface area contributed by atoms with Gasteiger partial charge in [0.05, 0.1) is 23.5 Å². The molecule has 0 saturated carbocycles. The maximum atomic E-state index is 12.2. The van der Waals surface area contributed by atoms with Crippen molar-refractivity contribution in [1.82, 2.24) is 10.2 Å². The second kappa shape index (κ2) is 5.17.